The van der Waals surface area contributed by atoms with E-state index in [4.69, 9.17) is 0 Å². The molecule has 0 aromatic heterocycles. The second kappa shape index (κ2) is 17.2. The standard InChI is InChI=1S/C25H47O3P/c1-2-3-4-5-6-7-8-9-10-14-21-29(22-19-27,23-20-28)25(17-18-26)24-15-12-11-13-16-24/h11-13,15-16,25-29H,2-10,14,17-23H2,1H3. The molecule has 0 saturated carbocycles. The number of hydrogen-bond donors (Lipinski definition) is 3. The Labute approximate surface area is 180 Å². The fourth-order valence-corrected chi connectivity index (χ4v) is 10.2. The van der Waals surface area contributed by atoms with Crippen molar-refractivity contribution in [2.75, 3.05) is 38.3 Å². The van der Waals surface area contributed by atoms with E-state index in [1.165, 1.54) is 69.8 Å². The summed E-state index contributed by atoms with van der Waals surface area (Å²) in [7, 11) is -1.94. The number of aliphatic hydroxyl groups is 3. The van der Waals surface area contributed by atoms with Gasteiger partial charge >= 0.3 is 180 Å². The van der Waals surface area contributed by atoms with Gasteiger partial charge in [-0.05, 0) is 0 Å². The molecule has 1 aromatic carbocycles. The van der Waals surface area contributed by atoms with E-state index in [-0.39, 0.29) is 19.8 Å². The van der Waals surface area contributed by atoms with Crippen LogP contribution in [-0.2, 0) is 0 Å². The molecule has 0 fully saturated rings. The van der Waals surface area contributed by atoms with Gasteiger partial charge in [0.1, 0.15) is 0 Å². The molecule has 0 radical (unpaired) electrons. The van der Waals surface area contributed by atoms with E-state index < -0.39 is 7.26 Å². The number of unbranched alkanes of at least 4 members (excludes halogenated alkanes) is 9. The first-order valence-electron chi connectivity index (χ1n) is 12.1. The van der Waals surface area contributed by atoms with Crippen LogP contribution in [0.1, 0.15) is 88.8 Å². The molecule has 0 saturated heterocycles. The van der Waals surface area contributed by atoms with Crippen LogP contribution in [0.3, 0.4) is 0 Å². The Morgan fingerprint density at radius 1 is 0.655 bits per heavy atom. The third kappa shape index (κ3) is 10.4. The van der Waals surface area contributed by atoms with Crippen molar-refractivity contribution in [3.05, 3.63) is 35.9 Å². The second-order valence-corrected chi connectivity index (χ2v) is 13.6. The molecule has 0 amide bonds. The number of benzene rings is 1. The van der Waals surface area contributed by atoms with Crippen LogP contribution < -0.4 is 0 Å². The number of rotatable bonds is 19. The molecule has 3 N–H and O–H groups in total. The van der Waals surface area contributed by atoms with Gasteiger partial charge in [0.2, 0.25) is 0 Å². The monoisotopic (exact) mass is 426 g/mol. The Morgan fingerprint density at radius 3 is 1.66 bits per heavy atom. The van der Waals surface area contributed by atoms with Crippen LogP contribution in [-0.4, -0.2) is 53.6 Å². The van der Waals surface area contributed by atoms with Crippen LogP contribution in [0.4, 0.5) is 0 Å². The van der Waals surface area contributed by atoms with Crippen molar-refractivity contribution in [2.45, 2.75) is 83.2 Å². The fraction of sp³-hybridized carbons (Fsp3) is 0.760. The van der Waals surface area contributed by atoms with Gasteiger partial charge in [-0.1, -0.05) is 0 Å². The Bertz CT molecular complexity index is 474. The molecule has 0 heterocycles. The van der Waals surface area contributed by atoms with E-state index in [9.17, 15) is 15.3 Å². The molecule has 0 bridgehead atoms. The molecular weight excluding hydrogens is 379 g/mol. The van der Waals surface area contributed by atoms with Gasteiger partial charge in [-0.2, -0.15) is 0 Å². The van der Waals surface area contributed by atoms with Crippen molar-refractivity contribution in [1.82, 2.24) is 0 Å². The first kappa shape index (κ1) is 26.6. The topological polar surface area (TPSA) is 60.7 Å². The van der Waals surface area contributed by atoms with Gasteiger partial charge in [-0.25, -0.2) is 0 Å². The molecule has 29 heavy (non-hydrogen) atoms. The minimum atomic E-state index is -1.94. The van der Waals surface area contributed by atoms with Gasteiger partial charge < -0.3 is 0 Å². The Hall–Kier alpha value is -0.470. The zero-order valence-electron chi connectivity index (χ0n) is 18.8. The summed E-state index contributed by atoms with van der Waals surface area (Å²) in [6.45, 7) is 2.82. The van der Waals surface area contributed by atoms with Crippen LogP contribution >= 0.6 is 7.26 Å². The summed E-state index contributed by atoms with van der Waals surface area (Å²) in [5.41, 5.74) is 1.59. The molecule has 1 rings (SSSR count). The summed E-state index contributed by atoms with van der Waals surface area (Å²) in [6, 6.07) is 10.5. The summed E-state index contributed by atoms with van der Waals surface area (Å²) in [4.78, 5) is 0. The molecule has 0 aliphatic heterocycles. The molecule has 1 atom stereocenters. The predicted octanol–water partition coefficient (Wildman–Crippen LogP) is 5.77. The van der Waals surface area contributed by atoms with E-state index >= 15 is 0 Å². The van der Waals surface area contributed by atoms with Crippen LogP contribution in [0, 0.1) is 0 Å². The first-order valence-corrected chi connectivity index (χ1v) is 14.8. The Balaban J connectivity index is 2.59. The zero-order valence-corrected chi connectivity index (χ0v) is 19.8. The van der Waals surface area contributed by atoms with Crippen molar-refractivity contribution in [2.24, 2.45) is 0 Å². The van der Waals surface area contributed by atoms with Crippen LogP contribution in [0.15, 0.2) is 30.3 Å². The number of aliphatic hydroxyl groups excluding tert-OH is 3. The molecule has 1 unspecified atom stereocenters. The van der Waals surface area contributed by atoms with Gasteiger partial charge in [0, 0.05) is 0 Å². The molecular formula is C25H47O3P. The van der Waals surface area contributed by atoms with Gasteiger partial charge in [0.05, 0.1) is 0 Å². The predicted molar refractivity (Wildman–Crippen MR) is 130 cm³/mol. The second-order valence-electron chi connectivity index (χ2n) is 8.72. The van der Waals surface area contributed by atoms with E-state index in [2.05, 4.69) is 31.2 Å². The SMILES string of the molecule is CCCCCCCCCCCC[PH](CCO)(CCO)C(CCO)c1ccccc1. The Kier molecular flexibility index (Phi) is 15.8. The maximum atomic E-state index is 9.84. The summed E-state index contributed by atoms with van der Waals surface area (Å²) in [5.74, 6) is 0. The van der Waals surface area contributed by atoms with E-state index in [1.807, 2.05) is 6.07 Å². The van der Waals surface area contributed by atoms with Crippen LogP contribution in [0.25, 0.3) is 0 Å². The minimum absolute atomic E-state index is 0.170. The maximum absolute atomic E-state index is 9.84. The average molecular weight is 427 g/mol. The fourth-order valence-electron chi connectivity index (χ4n) is 4.95. The average Bonchev–Trinajstić information content (AvgIpc) is 2.74. The summed E-state index contributed by atoms with van der Waals surface area (Å²) in [6.07, 6.45) is 16.8. The number of hydrogen-bond acceptors (Lipinski definition) is 3. The van der Waals surface area contributed by atoms with Crippen molar-refractivity contribution < 1.29 is 15.3 Å². The molecule has 1 aromatic rings. The van der Waals surface area contributed by atoms with Crippen molar-refractivity contribution >= 4 is 7.26 Å². The summed E-state index contributed by atoms with van der Waals surface area (Å²) < 4.78 is 0. The van der Waals surface area contributed by atoms with Gasteiger partial charge in [-0.15, -0.1) is 0 Å². The summed E-state index contributed by atoms with van der Waals surface area (Å²) >= 11 is 0. The first-order chi connectivity index (χ1) is 14.2. The molecule has 3 nitrogen and oxygen atoms in total. The van der Waals surface area contributed by atoms with Gasteiger partial charge in [-0.3, -0.25) is 0 Å². The van der Waals surface area contributed by atoms with Crippen molar-refractivity contribution in [3.8, 4) is 0 Å². The van der Waals surface area contributed by atoms with Crippen molar-refractivity contribution in [1.29, 1.82) is 0 Å². The normalized spacial score (nSPS) is 13.5. The molecule has 4 heteroatoms. The molecule has 0 spiro atoms. The van der Waals surface area contributed by atoms with E-state index in [1.54, 1.807) is 0 Å². The zero-order chi connectivity index (χ0) is 21.2. The van der Waals surface area contributed by atoms with Crippen molar-refractivity contribution in [3.63, 3.8) is 0 Å². The van der Waals surface area contributed by atoms with Crippen LogP contribution in [0.5, 0.6) is 0 Å². The molecule has 0 aliphatic rings. The quantitative estimate of drug-likeness (QED) is 0.194. The molecule has 170 valence electrons. The third-order valence-corrected chi connectivity index (χ3v) is 12.5. The molecule has 0 aliphatic carbocycles. The van der Waals surface area contributed by atoms with E-state index in [0.29, 0.717) is 5.66 Å². The van der Waals surface area contributed by atoms with Gasteiger partial charge in [0.15, 0.2) is 0 Å². The Morgan fingerprint density at radius 2 is 1.17 bits per heavy atom. The third-order valence-electron chi connectivity index (χ3n) is 6.61. The summed E-state index contributed by atoms with van der Waals surface area (Å²) in [5, 5.41) is 29.4. The van der Waals surface area contributed by atoms with Crippen LogP contribution in [0.2, 0.25) is 0 Å². The van der Waals surface area contributed by atoms with E-state index in [0.717, 1.165) is 24.9 Å². The van der Waals surface area contributed by atoms with Gasteiger partial charge in [0.25, 0.3) is 0 Å².